The second kappa shape index (κ2) is 11.1. The van der Waals surface area contributed by atoms with E-state index in [1.807, 2.05) is 36.5 Å². The Morgan fingerprint density at radius 2 is 1.90 bits per heavy atom. The molecule has 206 valence electrons. The first-order chi connectivity index (χ1) is 19.4. The highest BCUT2D eigenvalue weighted by atomic mass is 32.1. The van der Waals surface area contributed by atoms with Gasteiger partial charge in [-0.1, -0.05) is 31.2 Å². The largest absolute Gasteiger partial charge is 0.508 e. The van der Waals surface area contributed by atoms with Crippen LogP contribution in [0.1, 0.15) is 55.5 Å². The number of aromatic nitrogens is 1. The highest BCUT2D eigenvalue weighted by molar-refractivity contribution is 7.09. The van der Waals surface area contributed by atoms with Crippen molar-refractivity contribution in [3.05, 3.63) is 95.2 Å². The molecule has 0 bridgehead atoms. The van der Waals surface area contributed by atoms with Crippen LogP contribution in [-0.4, -0.2) is 40.1 Å². The molecule has 1 saturated heterocycles. The van der Waals surface area contributed by atoms with Crippen LogP contribution in [0.15, 0.2) is 72.9 Å². The molecule has 3 heterocycles. The van der Waals surface area contributed by atoms with Gasteiger partial charge < -0.3 is 14.6 Å². The standard InChI is InChI=1S/C34H36N2O3S/c1-21-14-15-36(19-21)23(3)20-38-29-11-8-25(9-12-29)33-32(26-6-5-7-28(37)16-26)24(4)30-17-27(10-13-31(30)39-33)34-22(2)18-35-40-34/h5-13,16-18,21,23,33,37H,14-15,19-20H2,1-4H3/t21-,23+,33?/m1/s1. The molecule has 0 saturated carbocycles. The molecule has 1 N–H and O–H groups in total. The summed E-state index contributed by atoms with van der Waals surface area (Å²) >= 11 is 1.51. The molecule has 2 aliphatic rings. The van der Waals surface area contributed by atoms with Gasteiger partial charge in [-0.3, -0.25) is 4.90 Å². The van der Waals surface area contributed by atoms with E-state index in [-0.39, 0.29) is 11.9 Å². The summed E-state index contributed by atoms with van der Waals surface area (Å²) in [6.45, 7) is 11.8. The predicted octanol–water partition coefficient (Wildman–Crippen LogP) is 8.00. The molecule has 0 spiro atoms. The van der Waals surface area contributed by atoms with E-state index in [4.69, 9.17) is 9.47 Å². The first-order valence-corrected chi connectivity index (χ1v) is 14.8. The first kappa shape index (κ1) is 26.6. The summed E-state index contributed by atoms with van der Waals surface area (Å²) in [6, 6.07) is 22.5. The van der Waals surface area contributed by atoms with Crippen LogP contribution in [0, 0.1) is 12.8 Å². The Labute approximate surface area is 240 Å². The minimum Gasteiger partial charge on any atom is -0.508 e. The van der Waals surface area contributed by atoms with Crippen molar-refractivity contribution in [2.45, 2.75) is 46.3 Å². The number of benzene rings is 3. The van der Waals surface area contributed by atoms with Crippen molar-refractivity contribution in [2.24, 2.45) is 5.92 Å². The van der Waals surface area contributed by atoms with Crippen LogP contribution in [-0.2, 0) is 0 Å². The van der Waals surface area contributed by atoms with Crippen molar-refractivity contribution in [1.29, 1.82) is 0 Å². The molecular weight excluding hydrogens is 516 g/mol. The molecule has 3 atom stereocenters. The van der Waals surface area contributed by atoms with E-state index in [9.17, 15) is 5.11 Å². The van der Waals surface area contributed by atoms with Crippen molar-refractivity contribution >= 4 is 22.7 Å². The van der Waals surface area contributed by atoms with Gasteiger partial charge in [0.25, 0.3) is 0 Å². The fourth-order valence-electron chi connectivity index (χ4n) is 5.87. The molecule has 2 aliphatic heterocycles. The number of fused-ring (bicyclic) bond motifs is 1. The van der Waals surface area contributed by atoms with Crippen LogP contribution in [0.3, 0.4) is 0 Å². The van der Waals surface area contributed by atoms with E-state index in [2.05, 4.69) is 67.3 Å². The van der Waals surface area contributed by atoms with Crippen molar-refractivity contribution < 1.29 is 14.6 Å². The van der Waals surface area contributed by atoms with Gasteiger partial charge in [-0.15, -0.1) is 0 Å². The predicted molar refractivity (Wildman–Crippen MR) is 163 cm³/mol. The van der Waals surface area contributed by atoms with Crippen molar-refractivity contribution in [3.63, 3.8) is 0 Å². The summed E-state index contributed by atoms with van der Waals surface area (Å²) in [5.74, 6) is 2.72. The number of hydrogen-bond acceptors (Lipinski definition) is 6. The van der Waals surface area contributed by atoms with E-state index >= 15 is 0 Å². The maximum absolute atomic E-state index is 10.3. The number of ether oxygens (including phenoxy) is 2. The minimum absolute atomic E-state index is 0.238. The zero-order valence-electron chi connectivity index (χ0n) is 23.6. The monoisotopic (exact) mass is 552 g/mol. The Morgan fingerprint density at radius 1 is 1.07 bits per heavy atom. The Balaban J connectivity index is 1.30. The third-order valence-electron chi connectivity index (χ3n) is 8.22. The fraction of sp³-hybridized carbons (Fsp3) is 0.324. The van der Waals surface area contributed by atoms with Gasteiger partial charge >= 0.3 is 0 Å². The van der Waals surface area contributed by atoms with E-state index in [0.29, 0.717) is 12.6 Å². The maximum Gasteiger partial charge on any atom is 0.150 e. The summed E-state index contributed by atoms with van der Waals surface area (Å²) in [7, 11) is 0. The van der Waals surface area contributed by atoms with Crippen molar-refractivity contribution in [3.8, 4) is 27.7 Å². The smallest absolute Gasteiger partial charge is 0.150 e. The lowest BCUT2D eigenvalue weighted by molar-refractivity contribution is 0.169. The quantitative estimate of drug-likeness (QED) is 0.252. The maximum atomic E-state index is 10.3. The fourth-order valence-corrected chi connectivity index (χ4v) is 6.62. The van der Waals surface area contributed by atoms with Gasteiger partial charge in [-0.2, -0.15) is 0 Å². The van der Waals surface area contributed by atoms with Crippen LogP contribution in [0.25, 0.3) is 21.6 Å². The zero-order chi connectivity index (χ0) is 27.8. The van der Waals surface area contributed by atoms with E-state index in [1.54, 1.807) is 6.07 Å². The Morgan fingerprint density at radius 3 is 2.60 bits per heavy atom. The molecule has 0 aliphatic carbocycles. The molecule has 6 rings (SSSR count). The number of phenolic OH excluding ortho intramolecular Hbond substituents is 1. The topological polar surface area (TPSA) is 54.8 Å². The second-order valence-electron chi connectivity index (χ2n) is 11.3. The van der Waals surface area contributed by atoms with Gasteiger partial charge in [0.1, 0.15) is 30.0 Å². The van der Waals surface area contributed by atoms with Gasteiger partial charge in [-0.05, 0) is 121 Å². The minimum atomic E-state index is -0.315. The number of aryl methyl sites for hydroxylation is 1. The summed E-state index contributed by atoms with van der Waals surface area (Å²) < 4.78 is 17.3. The van der Waals surface area contributed by atoms with Gasteiger partial charge in [0.2, 0.25) is 0 Å². The van der Waals surface area contributed by atoms with Gasteiger partial charge in [0.15, 0.2) is 0 Å². The third-order valence-corrected chi connectivity index (χ3v) is 9.17. The number of allylic oxidation sites excluding steroid dienone is 1. The molecular formula is C34H36N2O3S. The number of rotatable bonds is 7. The highest BCUT2D eigenvalue weighted by Gasteiger charge is 2.30. The van der Waals surface area contributed by atoms with Crippen molar-refractivity contribution in [1.82, 2.24) is 9.27 Å². The lowest BCUT2D eigenvalue weighted by Crippen LogP contribution is -2.35. The normalized spacial score (nSPS) is 19.8. The third kappa shape index (κ3) is 5.26. The van der Waals surface area contributed by atoms with Crippen LogP contribution in [0.5, 0.6) is 17.2 Å². The van der Waals surface area contributed by atoms with E-state index in [1.165, 1.54) is 28.4 Å². The summed E-state index contributed by atoms with van der Waals surface area (Å²) in [6.07, 6.45) is 2.86. The molecule has 1 aromatic heterocycles. The molecule has 1 fully saturated rings. The molecule has 0 radical (unpaired) electrons. The van der Waals surface area contributed by atoms with Crippen LogP contribution in [0.2, 0.25) is 0 Å². The van der Waals surface area contributed by atoms with E-state index in [0.717, 1.165) is 63.9 Å². The number of aromatic hydroxyl groups is 1. The number of phenols is 1. The molecule has 3 aromatic carbocycles. The van der Waals surface area contributed by atoms with Crippen LogP contribution >= 0.6 is 11.5 Å². The average Bonchev–Trinajstić information content (AvgIpc) is 3.59. The molecule has 5 nitrogen and oxygen atoms in total. The van der Waals surface area contributed by atoms with Gasteiger partial charge in [0, 0.05) is 29.9 Å². The van der Waals surface area contributed by atoms with E-state index < -0.39 is 0 Å². The SMILES string of the molecule is CC1=C(c2cccc(O)c2)C(c2ccc(OC[C@H](C)N3CC[C@@H](C)C3)cc2)Oc2ccc(-c3sncc3C)cc21. The van der Waals surface area contributed by atoms with Crippen LogP contribution < -0.4 is 9.47 Å². The average molecular weight is 553 g/mol. The Hall–Kier alpha value is -3.61. The molecule has 0 amide bonds. The highest BCUT2D eigenvalue weighted by Crippen LogP contribution is 2.48. The number of nitrogens with zero attached hydrogens (tertiary/aromatic N) is 2. The van der Waals surface area contributed by atoms with Gasteiger partial charge in [-0.25, -0.2) is 4.37 Å². The lowest BCUT2D eigenvalue weighted by Gasteiger charge is -2.31. The zero-order valence-corrected chi connectivity index (χ0v) is 24.4. The first-order valence-electron chi connectivity index (χ1n) is 14.1. The van der Waals surface area contributed by atoms with Crippen molar-refractivity contribution in [2.75, 3.05) is 19.7 Å². The molecule has 40 heavy (non-hydrogen) atoms. The summed E-state index contributed by atoms with van der Waals surface area (Å²) in [4.78, 5) is 3.68. The van der Waals surface area contributed by atoms with Crippen LogP contribution in [0.4, 0.5) is 0 Å². The van der Waals surface area contributed by atoms with Gasteiger partial charge in [0.05, 0.1) is 4.88 Å². The Bertz CT molecular complexity index is 1540. The number of likely N-dealkylation sites (tertiary alicyclic amines) is 1. The molecule has 1 unspecified atom stereocenters. The molecule has 4 aromatic rings. The second-order valence-corrected chi connectivity index (χ2v) is 12.1. The lowest BCUT2D eigenvalue weighted by atomic mass is 9.85. The summed E-state index contributed by atoms with van der Waals surface area (Å²) in [5, 5.41) is 10.3. The Kier molecular flexibility index (Phi) is 7.39. The molecule has 6 heteroatoms. The summed E-state index contributed by atoms with van der Waals surface area (Å²) in [5.41, 5.74) is 7.53. The number of hydrogen-bond donors (Lipinski definition) is 1.